The summed E-state index contributed by atoms with van der Waals surface area (Å²) in [6.07, 6.45) is 2.15. The highest BCUT2D eigenvalue weighted by molar-refractivity contribution is 7.09. The summed E-state index contributed by atoms with van der Waals surface area (Å²) < 4.78 is 1.70. The third-order valence-corrected chi connectivity index (χ3v) is 3.82. The SMILES string of the molecule is CN(C)C(=O)Cc1nc(Cn2cc(C(C)(C)N)nn2)cs1. The first kappa shape index (κ1) is 15.6. The maximum absolute atomic E-state index is 11.6. The van der Waals surface area contributed by atoms with E-state index >= 15 is 0 Å². The number of nitrogens with zero attached hydrogens (tertiary/aromatic N) is 5. The van der Waals surface area contributed by atoms with Crippen molar-refractivity contribution < 1.29 is 4.79 Å². The molecule has 0 unspecified atom stereocenters. The van der Waals surface area contributed by atoms with Gasteiger partial charge in [0.25, 0.3) is 0 Å². The lowest BCUT2D eigenvalue weighted by atomic mass is 10.0. The van der Waals surface area contributed by atoms with Crippen molar-refractivity contribution in [3.05, 3.63) is 28.0 Å². The minimum Gasteiger partial charge on any atom is -0.348 e. The van der Waals surface area contributed by atoms with Gasteiger partial charge in [0.2, 0.25) is 5.91 Å². The Kier molecular flexibility index (Phi) is 4.38. The molecule has 0 fully saturated rings. The number of nitrogens with two attached hydrogens (primary N) is 1. The number of rotatable bonds is 5. The van der Waals surface area contributed by atoms with Gasteiger partial charge in [-0.2, -0.15) is 0 Å². The fourth-order valence-electron chi connectivity index (χ4n) is 1.63. The van der Waals surface area contributed by atoms with E-state index in [-0.39, 0.29) is 5.91 Å². The highest BCUT2D eigenvalue weighted by Gasteiger charge is 2.18. The molecule has 21 heavy (non-hydrogen) atoms. The summed E-state index contributed by atoms with van der Waals surface area (Å²) in [5, 5.41) is 10.9. The van der Waals surface area contributed by atoms with E-state index in [1.807, 2.05) is 25.4 Å². The fourth-order valence-corrected chi connectivity index (χ4v) is 2.40. The van der Waals surface area contributed by atoms with Crippen LogP contribution in [0.25, 0.3) is 0 Å². The highest BCUT2D eigenvalue weighted by Crippen LogP contribution is 2.15. The summed E-state index contributed by atoms with van der Waals surface area (Å²) >= 11 is 1.48. The van der Waals surface area contributed by atoms with Crippen molar-refractivity contribution in [1.29, 1.82) is 0 Å². The average molecular weight is 308 g/mol. The van der Waals surface area contributed by atoms with Crippen LogP contribution in [0, 0.1) is 0 Å². The van der Waals surface area contributed by atoms with Crippen molar-refractivity contribution in [2.24, 2.45) is 5.73 Å². The molecular weight excluding hydrogens is 288 g/mol. The van der Waals surface area contributed by atoms with Crippen molar-refractivity contribution in [1.82, 2.24) is 24.9 Å². The summed E-state index contributed by atoms with van der Waals surface area (Å²) in [7, 11) is 3.48. The van der Waals surface area contributed by atoms with Gasteiger partial charge in [0.15, 0.2) is 0 Å². The Balaban J connectivity index is 2.02. The minimum absolute atomic E-state index is 0.0452. The molecule has 2 aromatic rings. The standard InChI is InChI=1S/C13H20N6OS/c1-13(2,14)10-7-19(17-16-10)6-9-8-21-11(15-9)5-12(20)18(3)4/h7-8H,5-6,14H2,1-4H3. The number of carbonyl (C=O) groups is 1. The molecule has 0 saturated carbocycles. The van der Waals surface area contributed by atoms with E-state index in [1.54, 1.807) is 23.7 Å². The second kappa shape index (κ2) is 5.90. The molecular formula is C13H20N6OS. The number of aromatic nitrogens is 4. The van der Waals surface area contributed by atoms with E-state index < -0.39 is 5.54 Å². The smallest absolute Gasteiger partial charge is 0.228 e. The maximum Gasteiger partial charge on any atom is 0.228 e. The molecule has 7 nitrogen and oxygen atoms in total. The predicted molar refractivity (Wildman–Crippen MR) is 80.8 cm³/mol. The van der Waals surface area contributed by atoms with Gasteiger partial charge >= 0.3 is 0 Å². The maximum atomic E-state index is 11.6. The van der Waals surface area contributed by atoms with Crippen LogP contribution < -0.4 is 5.73 Å². The largest absolute Gasteiger partial charge is 0.348 e. The molecule has 2 rings (SSSR count). The Morgan fingerprint density at radius 2 is 2.19 bits per heavy atom. The Labute approximate surface area is 127 Å². The second-order valence-electron chi connectivity index (χ2n) is 5.72. The number of amides is 1. The van der Waals surface area contributed by atoms with E-state index in [0.717, 1.165) is 16.4 Å². The molecule has 2 N–H and O–H groups in total. The van der Waals surface area contributed by atoms with Gasteiger partial charge in [-0.05, 0) is 13.8 Å². The van der Waals surface area contributed by atoms with Crippen LogP contribution in [0.5, 0.6) is 0 Å². The summed E-state index contributed by atoms with van der Waals surface area (Å²) in [4.78, 5) is 17.7. The van der Waals surface area contributed by atoms with Crippen LogP contribution in [0.1, 0.15) is 30.2 Å². The average Bonchev–Trinajstić information content (AvgIpc) is 2.98. The Morgan fingerprint density at radius 3 is 2.76 bits per heavy atom. The number of thiazole rings is 1. The van der Waals surface area contributed by atoms with Crippen molar-refractivity contribution in [3.8, 4) is 0 Å². The van der Waals surface area contributed by atoms with Crippen LogP contribution >= 0.6 is 11.3 Å². The van der Waals surface area contributed by atoms with Crippen molar-refractivity contribution in [2.75, 3.05) is 14.1 Å². The number of likely N-dealkylation sites (N-methyl/N-ethyl adjacent to an activating group) is 1. The van der Waals surface area contributed by atoms with Crippen LogP contribution in [0.2, 0.25) is 0 Å². The predicted octanol–water partition coefficient (Wildman–Crippen LogP) is 0.607. The van der Waals surface area contributed by atoms with Gasteiger partial charge in [-0.25, -0.2) is 9.67 Å². The van der Waals surface area contributed by atoms with Crippen LogP contribution in [0.3, 0.4) is 0 Å². The molecule has 0 aliphatic carbocycles. The third kappa shape index (κ3) is 4.08. The van der Waals surface area contributed by atoms with Gasteiger partial charge in [-0.1, -0.05) is 5.21 Å². The molecule has 0 radical (unpaired) electrons. The molecule has 8 heteroatoms. The molecule has 114 valence electrons. The van der Waals surface area contributed by atoms with Gasteiger partial charge in [0.1, 0.15) is 10.7 Å². The zero-order valence-electron chi connectivity index (χ0n) is 12.7. The fraction of sp³-hybridized carbons (Fsp3) is 0.538. The quantitative estimate of drug-likeness (QED) is 0.874. The van der Waals surface area contributed by atoms with E-state index in [2.05, 4.69) is 15.3 Å². The Morgan fingerprint density at radius 1 is 1.48 bits per heavy atom. The molecule has 0 bridgehead atoms. The second-order valence-corrected chi connectivity index (χ2v) is 6.66. The number of carbonyl (C=O) groups excluding carboxylic acids is 1. The number of hydrogen-bond acceptors (Lipinski definition) is 6. The van der Waals surface area contributed by atoms with Crippen LogP contribution in [-0.4, -0.2) is 44.9 Å². The van der Waals surface area contributed by atoms with E-state index in [1.165, 1.54) is 11.3 Å². The van der Waals surface area contributed by atoms with Gasteiger partial charge in [-0.15, -0.1) is 16.4 Å². The molecule has 0 aliphatic heterocycles. The molecule has 0 saturated heterocycles. The molecule has 1 amide bonds. The van der Waals surface area contributed by atoms with Crippen molar-refractivity contribution in [2.45, 2.75) is 32.4 Å². The molecule has 0 spiro atoms. The van der Waals surface area contributed by atoms with Crippen molar-refractivity contribution in [3.63, 3.8) is 0 Å². The summed E-state index contributed by atoms with van der Waals surface area (Å²) in [5.41, 5.74) is 7.07. The first-order chi connectivity index (χ1) is 9.75. The summed E-state index contributed by atoms with van der Waals surface area (Å²) in [6.45, 7) is 4.29. The molecule has 0 aliphatic rings. The molecule has 0 atom stereocenters. The van der Waals surface area contributed by atoms with Gasteiger partial charge in [0.05, 0.1) is 30.4 Å². The van der Waals surface area contributed by atoms with Crippen LogP contribution in [0.4, 0.5) is 0 Å². The van der Waals surface area contributed by atoms with Crippen LogP contribution in [-0.2, 0) is 23.3 Å². The van der Waals surface area contributed by atoms with Gasteiger partial charge in [0, 0.05) is 19.5 Å². The monoisotopic (exact) mass is 308 g/mol. The Bertz CT molecular complexity index is 625. The normalized spacial score (nSPS) is 11.7. The topological polar surface area (TPSA) is 89.9 Å². The van der Waals surface area contributed by atoms with E-state index in [4.69, 9.17) is 5.73 Å². The zero-order chi connectivity index (χ0) is 15.6. The first-order valence-electron chi connectivity index (χ1n) is 6.58. The van der Waals surface area contributed by atoms with Crippen LogP contribution in [0.15, 0.2) is 11.6 Å². The lowest BCUT2D eigenvalue weighted by Crippen LogP contribution is -2.29. The lowest BCUT2D eigenvalue weighted by molar-refractivity contribution is -0.127. The van der Waals surface area contributed by atoms with Crippen molar-refractivity contribution >= 4 is 17.2 Å². The van der Waals surface area contributed by atoms with E-state index in [9.17, 15) is 4.79 Å². The Hall–Kier alpha value is -1.80. The first-order valence-corrected chi connectivity index (χ1v) is 7.46. The number of hydrogen-bond donors (Lipinski definition) is 1. The molecule has 2 heterocycles. The summed E-state index contributed by atoms with van der Waals surface area (Å²) in [5.74, 6) is 0.0452. The highest BCUT2D eigenvalue weighted by atomic mass is 32.1. The molecule has 0 aromatic carbocycles. The minimum atomic E-state index is -0.510. The van der Waals surface area contributed by atoms with E-state index in [0.29, 0.717) is 13.0 Å². The third-order valence-electron chi connectivity index (χ3n) is 2.92. The van der Waals surface area contributed by atoms with Gasteiger partial charge in [-0.3, -0.25) is 4.79 Å². The zero-order valence-corrected chi connectivity index (χ0v) is 13.5. The molecule has 2 aromatic heterocycles. The summed E-state index contributed by atoms with van der Waals surface area (Å²) in [6, 6.07) is 0. The van der Waals surface area contributed by atoms with Gasteiger partial charge < -0.3 is 10.6 Å². The lowest BCUT2D eigenvalue weighted by Gasteiger charge is -2.13.